The summed E-state index contributed by atoms with van der Waals surface area (Å²) in [6.45, 7) is 0.297. The van der Waals surface area contributed by atoms with E-state index in [-0.39, 0.29) is 12.3 Å². The van der Waals surface area contributed by atoms with Gasteiger partial charge in [0.2, 0.25) is 5.91 Å². The molecule has 0 aliphatic rings. The molecule has 2 rings (SSSR count). The number of hydrogen-bond acceptors (Lipinski definition) is 4. The van der Waals surface area contributed by atoms with Gasteiger partial charge in [-0.3, -0.25) is 9.78 Å². The average molecular weight is 266 g/mol. The van der Waals surface area contributed by atoms with Crippen LogP contribution in [0, 0.1) is 11.8 Å². The zero-order valence-corrected chi connectivity index (χ0v) is 10.8. The van der Waals surface area contributed by atoms with Crippen LogP contribution < -0.4 is 11.1 Å². The fourth-order valence-electron chi connectivity index (χ4n) is 1.60. The number of nitrogens with two attached hydrogens (primary N) is 1. The van der Waals surface area contributed by atoms with Crippen molar-refractivity contribution in [2.45, 2.75) is 6.42 Å². The zero-order valence-electron chi connectivity index (χ0n) is 10.8. The molecule has 0 unspecified atom stereocenters. The van der Waals surface area contributed by atoms with E-state index in [9.17, 15) is 4.79 Å². The van der Waals surface area contributed by atoms with Gasteiger partial charge in [0.15, 0.2) is 0 Å². The monoisotopic (exact) mass is 266 g/mol. The van der Waals surface area contributed by atoms with Crippen LogP contribution in [0.4, 0.5) is 5.82 Å². The Kier molecular flexibility index (Phi) is 4.81. The number of nitrogens with zero attached hydrogens (tertiary/aromatic N) is 2. The molecule has 2 aromatic heterocycles. The van der Waals surface area contributed by atoms with E-state index in [1.165, 1.54) is 0 Å². The minimum absolute atomic E-state index is 0.144. The van der Waals surface area contributed by atoms with Crippen molar-refractivity contribution < 1.29 is 4.79 Å². The summed E-state index contributed by atoms with van der Waals surface area (Å²) in [5.74, 6) is 5.98. The number of nitrogens with one attached hydrogen (secondary N) is 1. The van der Waals surface area contributed by atoms with Crippen molar-refractivity contribution in [3.05, 3.63) is 54.0 Å². The lowest BCUT2D eigenvalue weighted by atomic mass is 10.2. The number of aromatic nitrogens is 2. The molecule has 0 saturated heterocycles. The van der Waals surface area contributed by atoms with Crippen LogP contribution in [0.2, 0.25) is 0 Å². The molecule has 5 nitrogen and oxygen atoms in total. The van der Waals surface area contributed by atoms with Gasteiger partial charge < -0.3 is 11.1 Å². The van der Waals surface area contributed by atoms with Gasteiger partial charge in [0.05, 0.1) is 13.0 Å². The average Bonchev–Trinajstić information content (AvgIpc) is 2.46. The van der Waals surface area contributed by atoms with Crippen molar-refractivity contribution in [3.63, 3.8) is 0 Å². The van der Waals surface area contributed by atoms with Crippen LogP contribution >= 0.6 is 0 Å². The summed E-state index contributed by atoms with van der Waals surface area (Å²) in [6, 6.07) is 7.12. The van der Waals surface area contributed by atoms with Crippen molar-refractivity contribution in [1.29, 1.82) is 0 Å². The summed E-state index contributed by atoms with van der Waals surface area (Å²) in [5, 5.41) is 2.73. The summed E-state index contributed by atoms with van der Waals surface area (Å²) in [4.78, 5) is 19.9. The zero-order chi connectivity index (χ0) is 14.2. The van der Waals surface area contributed by atoms with E-state index in [1.54, 1.807) is 36.8 Å². The highest BCUT2D eigenvalue weighted by molar-refractivity contribution is 5.91. The third-order valence-electron chi connectivity index (χ3n) is 2.45. The maximum atomic E-state index is 11.9. The second-order valence-electron chi connectivity index (χ2n) is 4.02. The van der Waals surface area contributed by atoms with Crippen LogP contribution in [0.25, 0.3) is 0 Å². The number of carbonyl (C=O) groups excluding carboxylic acids is 1. The van der Waals surface area contributed by atoms with Gasteiger partial charge in [-0.25, -0.2) is 4.98 Å². The lowest BCUT2D eigenvalue weighted by Crippen LogP contribution is -2.15. The highest BCUT2D eigenvalue weighted by atomic mass is 16.1. The van der Waals surface area contributed by atoms with Crippen LogP contribution in [0.5, 0.6) is 0 Å². The molecule has 2 aromatic rings. The van der Waals surface area contributed by atoms with Crippen LogP contribution in [0.3, 0.4) is 0 Å². The highest BCUT2D eigenvalue weighted by Gasteiger charge is 2.05. The molecular formula is C15H14N4O. The smallest absolute Gasteiger partial charge is 0.230 e. The first-order valence-electron chi connectivity index (χ1n) is 6.11. The van der Waals surface area contributed by atoms with Gasteiger partial charge in [-0.15, -0.1) is 0 Å². The second kappa shape index (κ2) is 7.02. The van der Waals surface area contributed by atoms with E-state index in [0.29, 0.717) is 12.4 Å². The van der Waals surface area contributed by atoms with Gasteiger partial charge in [0.25, 0.3) is 0 Å². The minimum Gasteiger partial charge on any atom is -0.320 e. The Labute approximate surface area is 117 Å². The molecule has 0 saturated carbocycles. The normalized spacial score (nSPS) is 9.45. The van der Waals surface area contributed by atoms with Gasteiger partial charge in [-0.2, -0.15) is 0 Å². The molecular weight excluding hydrogens is 252 g/mol. The number of amides is 1. The molecule has 0 bridgehead atoms. The Morgan fingerprint density at radius 3 is 3.00 bits per heavy atom. The maximum absolute atomic E-state index is 11.9. The molecule has 3 N–H and O–H groups in total. The molecule has 0 fully saturated rings. The first-order chi connectivity index (χ1) is 9.78. The van der Waals surface area contributed by atoms with Crippen LogP contribution in [-0.2, 0) is 11.2 Å². The highest BCUT2D eigenvalue weighted by Crippen LogP contribution is 2.07. The van der Waals surface area contributed by atoms with Crippen molar-refractivity contribution in [2.24, 2.45) is 5.73 Å². The number of anilines is 1. The van der Waals surface area contributed by atoms with Crippen LogP contribution in [0.15, 0.2) is 42.9 Å². The molecule has 5 heteroatoms. The molecule has 100 valence electrons. The number of pyridine rings is 2. The standard InChI is InChI=1S/C15H14N4O/c16-6-1-3-12-5-8-18-14(9-12)19-15(20)10-13-4-2-7-17-11-13/h2,4-5,7-9,11H,6,10,16H2,(H,18,19,20). The summed E-state index contributed by atoms with van der Waals surface area (Å²) in [5.41, 5.74) is 6.93. The Hall–Kier alpha value is -2.71. The van der Waals surface area contributed by atoms with Crippen molar-refractivity contribution in [3.8, 4) is 11.8 Å². The fourth-order valence-corrected chi connectivity index (χ4v) is 1.60. The predicted octanol–water partition coefficient (Wildman–Crippen LogP) is 0.968. The number of rotatable bonds is 3. The van der Waals surface area contributed by atoms with Gasteiger partial charge in [0.1, 0.15) is 5.82 Å². The van der Waals surface area contributed by atoms with Gasteiger partial charge in [-0.1, -0.05) is 17.9 Å². The lowest BCUT2D eigenvalue weighted by Gasteiger charge is -2.04. The van der Waals surface area contributed by atoms with Gasteiger partial charge in [-0.05, 0) is 23.8 Å². The molecule has 0 aliphatic carbocycles. The predicted molar refractivity (Wildman–Crippen MR) is 76.7 cm³/mol. The first kappa shape index (κ1) is 13.7. The van der Waals surface area contributed by atoms with Crippen LogP contribution in [-0.4, -0.2) is 22.4 Å². The maximum Gasteiger partial charge on any atom is 0.230 e. The Bertz CT molecular complexity index is 644. The van der Waals surface area contributed by atoms with E-state index < -0.39 is 0 Å². The largest absolute Gasteiger partial charge is 0.320 e. The molecule has 0 spiro atoms. The van der Waals surface area contributed by atoms with E-state index in [2.05, 4.69) is 27.1 Å². The summed E-state index contributed by atoms with van der Waals surface area (Å²) in [6.07, 6.45) is 5.19. The molecule has 0 aliphatic heterocycles. The van der Waals surface area contributed by atoms with Crippen molar-refractivity contribution >= 4 is 11.7 Å². The van der Waals surface area contributed by atoms with Crippen molar-refractivity contribution in [2.75, 3.05) is 11.9 Å². The molecule has 0 aromatic carbocycles. The van der Waals surface area contributed by atoms with Crippen molar-refractivity contribution in [1.82, 2.24) is 9.97 Å². The summed E-state index contributed by atoms with van der Waals surface area (Å²) in [7, 11) is 0. The quantitative estimate of drug-likeness (QED) is 0.811. The van der Waals surface area contributed by atoms with Gasteiger partial charge >= 0.3 is 0 Å². The van der Waals surface area contributed by atoms with E-state index >= 15 is 0 Å². The number of hydrogen-bond donors (Lipinski definition) is 2. The van der Waals surface area contributed by atoms with E-state index in [0.717, 1.165) is 11.1 Å². The second-order valence-corrected chi connectivity index (χ2v) is 4.02. The Morgan fingerprint density at radius 2 is 2.25 bits per heavy atom. The first-order valence-corrected chi connectivity index (χ1v) is 6.11. The topological polar surface area (TPSA) is 80.9 Å². The third kappa shape index (κ3) is 4.19. The molecule has 0 atom stereocenters. The summed E-state index contributed by atoms with van der Waals surface area (Å²) >= 11 is 0. The molecule has 20 heavy (non-hydrogen) atoms. The van der Waals surface area contributed by atoms with Crippen LogP contribution in [0.1, 0.15) is 11.1 Å². The minimum atomic E-state index is -0.144. The third-order valence-corrected chi connectivity index (χ3v) is 2.45. The Balaban J connectivity index is 2.01. The fraction of sp³-hybridized carbons (Fsp3) is 0.133. The lowest BCUT2D eigenvalue weighted by molar-refractivity contribution is -0.115. The summed E-state index contributed by atoms with van der Waals surface area (Å²) < 4.78 is 0. The SMILES string of the molecule is NCC#Cc1ccnc(NC(=O)Cc2cccnc2)c1. The Morgan fingerprint density at radius 1 is 1.35 bits per heavy atom. The molecule has 0 radical (unpaired) electrons. The van der Waals surface area contributed by atoms with E-state index in [4.69, 9.17) is 5.73 Å². The number of carbonyl (C=O) groups is 1. The molecule has 2 heterocycles. The van der Waals surface area contributed by atoms with E-state index in [1.807, 2.05) is 6.07 Å². The van der Waals surface area contributed by atoms with Gasteiger partial charge in [0, 0.05) is 24.2 Å². The molecule has 1 amide bonds.